The van der Waals surface area contributed by atoms with Crippen molar-refractivity contribution < 1.29 is 4.79 Å². The first-order valence-corrected chi connectivity index (χ1v) is 11.4. The lowest BCUT2D eigenvalue weighted by molar-refractivity contribution is 0.0717. The predicted octanol–water partition coefficient (Wildman–Crippen LogP) is 4.50. The third-order valence-corrected chi connectivity index (χ3v) is 6.78. The Hall–Kier alpha value is -2.80. The van der Waals surface area contributed by atoms with E-state index in [1.807, 2.05) is 48.4 Å². The first-order chi connectivity index (χ1) is 14.7. The van der Waals surface area contributed by atoms with Crippen LogP contribution in [-0.2, 0) is 0 Å². The average molecular weight is 420 g/mol. The second-order valence-electron chi connectivity index (χ2n) is 8.10. The molecule has 7 heteroatoms. The van der Waals surface area contributed by atoms with Crippen LogP contribution in [0.4, 0.5) is 5.95 Å². The molecule has 0 unspecified atom stereocenters. The van der Waals surface area contributed by atoms with Crippen LogP contribution in [0.1, 0.15) is 51.8 Å². The number of piperidine rings is 1. The molecule has 1 amide bonds. The van der Waals surface area contributed by atoms with Crippen molar-refractivity contribution in [1.82, 2.24) is 19.9 Å². The monoisotopic (exact) mass is 419 g/mol. The van der Waals surface area contributed by atoms with Crippen molar-refractivity contribution in [3.8, 4) is 11.3 Å². The molecule has 0 atom stereocenters. The minimum absolute atomic E-state index is 0.148. The van der Waals surface area contributed by atoms with Gasteiger partial charge in [-0.25, -0.2) is 9.97 Å². The van der Waals surface area contributed by atoms with Gasteiger partial charge in [0.05, 0.1) is 16.3 Å². The lowest BCUT2D eigenvalue weighted by atomic mass is 9.90. The molecule has 0 spiro atoms. The molecule has 30 heavy (non-hydrogen) atoms. The number of carbonyl (C=O) groups excluding carboxylic acids is 1. The number of anilines is 1. The molecule has 0 radical (unpaired) electrons. The molecule has 1 saturated heterocycles. The van der Waals surface area contributed by atoms with E-state index in [9.17, 15) is 4.79 Å². The van der Waals surface area contributed by atoms with E-state index in [4.69, 9.17) is 4.98 Å². The van der Waals surface area contributed by atoms with Crippen molar-refractivity contribution in [3.63, 3.8) is 0 Å². The van der Waals surface area contributed by atoms with E-state index in [2.05, 4.69) is 15.3 Å². The van der Waals surface area contributed by atoms with Gasteiger partial charge in [-0.3, -0.25) is 9.78 Å². The maximum absolute atomic E-state index is 12.8. The number of rotatable bonds is 5. The van der Waals surface area contributed by atoms with Crippen LogP contribution in [0.2, 0.25) is 0 Å². The zero-order chi connectivity index (χ0) is 20.5. The van der Waals surface area contributed by atoms with Crippen LogP contribution in [0.3, 0.4) is 0 Å². The third-order valence-electron chi connectivity index (χ3n) is 5.79. The molecule has 1 N–H and O–H groups in total. The van der Waals surface area contributed by atoms with Crippen LogP contribution >= 0.6 is 11.3 Å². The Bertz CT molecular complexity index is 1040. The number of nitrogens with zero attached hydrogens (tertiary/aromatic N) is 4. The van der Waals surface area contributed by atoms with Gasteiger partial charge in [-0.05, 0) is 56.9 Å². The van der Waals surface area contributed by atoms with E-state index in [1.165, 1.54) is 17.7 Å². The second kappa shape index (κ2) is 8.14. The number of thiophene rings is 1. The molecule has 2 aliphatic rings. The number of aromatic nitrogens is 3. The van der Waals surface area contributed by atoms with Gasteiger partial charge in [0.2, 0.25) is 5.95 Å². The largest absolute Gasteiger partial charge is 0.351 e. The van der Waals surface area contributed by atoms with Crippen molar-refractivity contribution in [2.45, 2.75) is 44.6 Å². The van der Waals surface area contributed by atoms with Gasteiger partial charge in [0, 0.05) is 47.9 Å². The van der Waals surface area contributed by atoms with E-state index in [0.717, 1.165) is 47.8 Å². The highest BCUT2D eigenvalue weighted by Gasteiger charge is 2.29. The lowest BCUT2D eigenvalue weighted by Crippen LogP contribution is -2.37. The molecule has 0 aromatic carbocycles. The molecular formula is C23H25N5OS. The Kier molecular flexibility index (Phi) is 5.21. The molecule has 4 heterocycles. The lowest BCUT2D eigenvalue weighted by Gasteiger charge is -2.32. The summed E-state index contributed by atoms with van der Waals surface area (Å²) in [6, 6.07) is 10.4. The van der Waals surface area contributed by atoms with Gasteiger partial charge in [-0.15, -0.1) is 11.3 Å². The zero-order valence-corrected chi connectivity index (χ0v) is 17.9. The van der Waals surface area contributed by atoms with Gasteiger partial charge in [-0.2, -0.15) is 0 Å². The summed E-state index contributed by atoms with van der Waals surface area (Å²) >= 11 is 1.57. The minimum Gasteiger partial charge on any atom is -0.351 e. The standard InChI is InChI=1S/C23H25N5OS/c1-15-5-8-20(30-15)22(29)28-12-9-16(10-13-28)21-18(19-4-2-3-11-24-19)14-25-23(27-21)26-17-6-7-17/h2-5,8,11,14,16-17H,6-7,9-10,12-13H2,1H3,(H,25,26,27). The number of pyridine rings is 1. The SMILES string of the molecule is Cc1ccc(C(=O)N2CCC(c3nc(NC4CC4)ncc3-c3ccccn3)CC2)s1. The predicted molar refractivity (Wildman–Crippen MR) is 119 cm³/mol. The van der Waals surface area contributed by atoms with E-state index >= 15 is 0 Å². The fourth-order valence-electron chi connectivity index (χ4n) is 3.97. The second-order valence-corrected chi connectivity index (χ2v) is 9.39. The van der Waals surface area contributed by atoms with Gasteiger partial charge >= 0.3 is 0 Å². The molecule has 1 aliphatic heterocycles. The van der Waals surface area contributed by atoms with Crippen LogP contribution in [0.5, 0.6) is 0 Å². The summed E-state index contributed by atoms with van der Waals surface area (Å²) in [5.41, 5.74) is 2.94. The first-order valence-electron chi connectivity index (χ1n) is 10.6. The van der Waals surface area contributed by atoms with Gasteiger partial charge < -0.3 is 10.2 Å². The maximum Gasteiger partial charge on any atom is 0.263 e. The van der Waals surface area contributed by atoms with Crippen molar-refractivity contribution in [3.05, 3.63) is 58.2 Å². The Labute approximate surface area is 180 Å². The number of nitrogens with one attached hydrogen (secondary N) is 1. The number of amides is 1. The highest BCUT2D eigenvalue weighted by molar-refractivity contribution is 7.13. The molecule has 5 rings (SSSR count). The Morgan fingerprint density at radius 1 is 1.10 bits per heavy atom. The normalized spacial score (nSPS) is 17.2. The summed E-state index contributed by atoms with van der Waals surface area (Å²) in [5.74, 6) is 1.15. The molecule has 1 aliphatic carbocycles. The Morgan fingerprint density at radius 3 is 2.60 bits per heavy atom. The molecule has 0 bridgehead atoms. The maximum atomic E-state index is 12.8. The van der Waals surface area contributed by atoms with Crippen LogP contribution in [0, 0.1) is 6.92 Å². The molecule has 2 fully saturated rings. The van der Waals surface area contributed by atoms with Crippen LogP contribution in [0.25, 0.3) is 11.3 Å². The molecular weight excluding hydrogens is 394 g/mol. The quantitative estimate of drug-likeness (QED) is 0.659. The summed E-state index contributed by atoms with van der Waals surface area (Å²) in [4.78, 5) is 30.8. The Balaban J connectivity index is 1.37. The number of likely N-dealkylation sites (tertiary alicyclic amines) is 1. The number of aryl methyl sites for hydroxylation is 1. The van der Waals surface area contributed by atoms with Crippen molar-refractivity contribution in [2.24, 2.45) is 0 Å². The van der Waals surface area contributed by atoms with E-state index < -0.39 is 0 Å². The number of carbonyl (C=O) groups is 1. The summed E-state index contributed by atoms with van der Waals surface area (Å²) in [6.07, 6.45) is 7.87. The highest BCUT2D eigenvalue weighted by atomic mass is 32.1. The van der Waals surface area contributed by atoms with E-state index in [0.29, 0.717) is 17.9 Å². The number of hydrogen-bond acceptors (Lipinski definition) is 6. The summed E-state index contributed by atoms with van der Waals surface area (Å²) in [6.45, 7) is 3.53. The fourth-order valence-corrected chi connectivity index (χ4v) is 4.80. The molecule has 3 aromatic rings. The van der Waals surface area contributed by atoms with Crippen molar-refractivity contribution in [2.75, 3.05) is 18.4 Å². The first kappa shape index (κ1) is 19.2. The topological polar surface area (TPSA) is 71.0 Å². The molecule has 3 aromatic heterocycles. The Morgan fingerprint density at radius 2 is 1.93 bits per heavy atom. The highest BCUT2D eigenvalue weighted by Crippen LogP contribution is 2.35. The zero-order valence-electron chi connectivity index (χ0n) is 17.0. The van der Waals surface area contributed by atoms with Crippen molar-refractivity contribution >= 4 is 23.2 Å². The fraction of sp³-hybridized carbons (Fsp3) is 0.391. The third kappa shape index (κ3) is 4.07. The summed E-state index contributed by atoms with van der Waals surface area (Å²) in [5, 5.41) is 3.42. The smallest absolute Gasteiger partial charge is 0.263 e. The van der Waals surface area contributed by atoms with Crippen LogP contribution in [-0.4, -0.2) is 44.9 Å². The van der Waals surface area contributed by atoms with Gasteiger partial charge in [0.15, 0.2) is 0 Å². The minimum atomic E-state index is 0.148. The van der Waals surface area contributed by atoms with Gasteiger partial charge in [0.25, 0.3) is 5.91 Å². The molecule has 6 nitrogen and oxygen atoms in total. The van der Waals surface area contributed by atoms with E-state index in [1.54, 1.807) is 17.5 Å². The van der Waals surface area contributed by atoms with Gasteiger partial charge in [0.1, 0.15) is 0 Å². The molecule has 1 saturated carbocycles. The summed E-state index contributed by atoms with van der Waals surface area (Å²) < 4.78 is 0. The van der Waals surface area contributed by atoms with E-state index in [-0.39, 0.29) is 5.91 Å². The van der Waals surface area contributed by atoms with Crippen LogP contribution in [0.15, 0.2) is 42.7 Å². The molecule has 154 valence electrons. The van der Waals surface area contributed by atoms with Crippen LogP contribution < -0.4 is 5.32 Å². The average Bonchev–Trinajstić information content (AvgIpc) is 3.50. The van der Waals surface area contributed by atoms with Gasteiger partial charge in [-0.1, -0.05) is 6.07 Å². The number of hydrogen-bond donors (Lipinski definition) is 1. The summed E-state index contributed by atoms with van der Waals surface area (Å²) in [7, 11) is 0. The van der Waals surface area contributed by atoms with Crippen molar-refractivity contribution in [1.29, 1.82) is 0 Å².